The number of rotatable bonds is 6. The Kier molecular flexibility index (Phi) is 6.21. The summed E-state index contributed by atoms with van der Waals surface area (Å²) in [6.07, 6.45) is 4.80. The quantitative estimate of drug-likeness (QED) is 0.429. The molecule has 0 saturated carbocycles. The molecule has 1 atom stereocenters. The van der Waals surface area contributed by atoms with Gasteiger partial charge in [-0.1, -0.05) is 24.3 Å². The number of aromatic nitrogens is 3. The maximum absolute atomic E-state index is 13.8. The molecule has 0 radical (unpaired) electrons. The summed E-state index contributed by atoms with van der Waals surface area (Å²) in [5.41, 5.74) is 3.12. The van der Waals surface area contributed by atoms with Gasteiger partial charge < -0.3 is 14.5 Å². The second-order valence-corrected chi connectivity index (χ2v) is 9.24. The van der Waals surface area contributed by atoms with Crippen LogP contribution in [0, 0.1) is 6.92 Å². The van der Waals surface area contributed by atoms with Crippen LogP contribution in [0.4, 0.5) is 5.82 Å². The number of nitrogens with zero attached hydrogens (tertiary/aromatic N) is 5. The SMILES string of the molecule is Cc1cccc2cc(CN(C[C@@H]3CCCO3)C(=O)c3cnc4ccccn4c3=O)c(N(C)C)nc12. The lowest BCUT2D eigenvalue weighted by Crippen LogP contribution is -2.40. The monoisotopic (exact) mass is 471 g/mol. The molecule has 4 aromatic rings. The number of aryl methyl sites for hydroxylation is 1. The molecule has 35 heavy (non-hydrogen) atoms. The zero-order chi connectivity index (χ0) is 24.5. The van der Waals surface area contributed by atoms with Gasteiger partial charge in [-0.3, -0.25) is 14.0 Å². The highest BCUT2D eigenvalue weighted by Crippen LogP contribution is 2.27. The molecular weight excluding hydrogens is 442 g/mol. The fourth-order valence-corrected chi connectivity index (χ4v) is 4.69. The summed E-state index contributed by atoms with van der Waals surface area (Å²) in [5.74, 6) is 0.440. The number of amides is 1. The number of anilines is 1. The third-order valence-corrected chi connectivity index (χ3v) is 6.47. The van der Waals surface area contributed by atoms with E-state index >= 15 is 0 Å². The standard InChI is InChI=1S/C27H29N5O3/c1-18-8-6-9-19-14-20(25(30(2)3)29-24(18)19)16-31(17-21-10-7-13-35-21)26(33)22-15-28-23-11-4-5-12-32(23)27(22)34/h4-6,8-9,11-12,14-15,21H,7,10,13,16-17H2,1-3H3/t21-/m0/s1. The average Bonchev–Trinajstić information content (AvgIpc) is 3.36. The van der Waals surface area contributed by atoms with Crippen molar-refractivity contribution in [3.63, 3.8) is 0 Å². The molecule has 0 unspecified atom stereocenters. The first-order valence-corrected chi connectivity index (χ1v) is 11.9. The van der Waals surface area contributed by atoms with Gasteiger partial charge in [-0.05, 0) is 43.5 Å². The predicted molar refractivity (Wildman–Crippen MR) is 136 cm³/mol. The lowest BCUT2D eigenvalue weighted by molar-refractivity contribution is 0.0505. The fraction of sp³-hybridized carbons (Fsp3) is 0.333. The highest BCUT2D eigenvalue weighted by atomic mass is 16.5. The lowest BCUT2D eigenvalue weighted by atomic mass is 10.1. The van der Waals surface area contributed by atoms with Crippen LogP contribution in [0.5, 0.6) is 0 Å². The third-order valence-electron chi connectivity index (χ3n) is 6.47. The normalized spacial score (nSPS) is 15.6. The number of hydrogen-bond acceptors (Lipinski definition) is 6. The van der Waals surface area contributed by atoms with Gasteiger partial charge >= 0.3 is 0 Å². The maximum atomic E-state index is 13.8. The number of para-hydroxylation sites is 1. The summed E-state index contributed by atoms with van der Waals surface area (Å²) in [6.45, 7) is 3.43. The summed E-state index contributed by atoms with van der Waals surface area (Å²) >= 11 is 0. The Bertz CT molecular complexity index is 1460. The van der Waals surface area contributed by atoms with Crippen molar-refractivity contribution in [2.24, 2.45) is 0 Å². The van der Waals surface area contributed by atoms with E-state index in [0.29, 0.717) is 25.3 Å². The van der Waals surface area contributed by atoms with Gasteiger partial charge in [-0.2, -0.15) is 0 Å². The van der Waals surface area contributed by atoms with Crippen molar-refractivity contribution in [3.05, 3.63) is 81.9 Å². The van der Waals surface area contributed by atoms with Crippen LogP contribution >= 0.6 is 0 Å². The van der Waals surface area contributed by atoms with E-state index in [2.05, 4.69) is 11.1 Å². The molecule has 4 heterocycles. The minimum atomic E-state index is -0.377. The molecule has 180 valence electrons. The van der Waals surface area contributed by atoms with Crippen molar-refractivity contribution in [1.82, 2.24) is 19.3 Å². The molecule has 1 fully saturated rings. The summed E-state index contributed by atoms with van der Waals surface area (Å²) < 4.78 is 7.26. The smallest absolute Gasteiger partial charge is 0.270 e. The molecule has 8 nitrogen and oxygen atoms in total. The Hall–Kier alpha value is -3.78. The van der Waals surface area contributed by atoms with Gasteiger partial charge in [0.2, 0.25) is 0 Å². The summed E-state index contributed by atoms with van der Waals surface area (Å²) in [4.78, 5) is 39.9. The van der Waals surface area contributed by atoms with E-state index in [0.717, 1.165) is 40.7 Å². The van der Waals surface area contributed by atoms with E-state index in [4.69, 9.17) is 9.72 Å². The van der Waals surface area contributed by atoms with Gasteiger partial charge in [-0.15, -0.1) is 0 Å². The highest BCUT2D eigenvalue weighted by Gasteiger charge is 2.27. The maximum Gasteiger partial charge on any atom is 0.270 e. The topological polar surface area (TPSA) is 80.0 Å². The number of benzene rings is 1. The van der Waals surface area contributed by atoms with E-state index in [1.54, 1.807) is 23.2 Å². The number of pyridine rings is 2. The fourth-order valence-electron chi connectivity index (χ4n) is 4.69. The number of fused-ring (bicyclic) bond motifs is 2. The number of carbonyl (C=O) groups excluding carboxylic acids is 1. The Morgan fingerprint density at radius 1 is 1.20 bits per heavy atom. The van der Waals surface area contributed by atoms with Crippen LogP contribution in [-0.2, 0) is 11.3 Å². The molecule has 0 bridgehead atoms. The summed E-state index contributed by atoms with van der Waals surface area (Å²) in [7, 11) is 3.89. The van der Waals surface area contributed by atoms with E-state index in [1.807, 2.05) is 50.2 Å². The molecule has 0 N–H and O–H groups in total. The molecule has 1 saturated heterocycles. The van der Waals surface area contributed by atoms with E-state index < -0.39 is 0 Å². The molecule has 3 aromatic heterocycles. The van der Waals surface area contributed by atoms with Crippen molar-refractivity contribution in [2.45, 2.75) is 32.4 Å². The number of carbonyl (C=O) groups is 1. The predicted octanol–water partition coefficient (Wildman–Crippen LogP) is 3.44. The summed E-state index contributed by atoms with van der Waals surface area (Å²) in [5, 5.41) is 1.02. The zero-order valence-corrected chi connectivity index (χ0v) is 20.3. The second-order valence-electron chi connectivity index (χ2n) is 9.24. The molecular formula is C27H29N5O3. The van der Waals surface area contributed by atoms with Gasteiger partial charge in [0.1, 0.15) is 17.0 Å². The summed E-state index contributed by atoms with van der Waals surface area (Å²) in [6, 6.07) is 13.5. The minimum absolute atomic E-state index is 0.0442. The van der Waals surface area contributed by atoms with Gasteiger partial charge in [0.25, 0.3) is 11.5 Å². The third kappa shape index (κ3) is 4.49. The van der Waals surface area contributed by atoms with Crippen molar-refractivity contribution >= 4 is 28.3 Å². The van der Waals surface area contributed by atoms with Crippen LogP contribution in [0.2, 0.25) is 0 Å². The van der Waals surface area contributed by atoms with Crippen molar-refractivity contribution in [2.75, 3.05) is 32.1 Å². The number of hydrogen-bond donors (Lipinski definition) is 0. The van der Waals surface area contributed by atoms with Crippen LogP contribution in [0.3, 0.4) is 0 Å². The highest BCUT2D eigenvalue weighted by molar-refractivity contribution is 5.94. The van der Waals surface area contributed by atoms with Gasteiger partial charge in [0, 0.05) is 57.1 Å². The van der Waals surface area contributed by atoms with Gasteiger partial charge in [0.15, 0.2) is 0 Å². The van der Waals surface area contributed by atoms with Gasteiger partial charge in [0.05, 0.1) is 11.6 Å². The van der Waals surface area contributed by atoms with Crippen LogP contribution in [-0.4, -0.2) is 58.5 Å². The first kappa shape index (κ1) is 23.0. The van der Waals surface area contributed by atoms with Gasteiger partial charge in [-0.25, -0.2) is 9.97 Å². The molecule has 5 rings (SSSR count). The van der Waals surface area contributed by atoms with E-state index in [9.17, 15) is 9.59 Å². The molecule has 1 aliphatic rings. The van der Waals surface area contributed by atoms with E-state index in [-0.39, 0.29) is 23.1 Å². The van der Waals surface area contributed by atoms with Crippen LogP contribution in [0.1, 0.15) is 34.3 Å². The Morgan fingerprint density at radius 3 is 2.83 bits per heavy atom. The van der Waals surface area contributed by atoms with Crippen LogP contribution in [0.25, 0.3) is 16.6 Å². The Labute approximate surface area is 203 Å². The number of ether oxygens (including phenoxy) is 1. The second kappa shape index (κ2) is 9.46. The first-order valence-electron chi connectivity index (χ1n) is 11.9. The van der Waals surface area contributed by atoms with Crippen molar-refractivity contribution < 1.29 is 9.53 Å². The largest absolute Gasteiger partial charge is 0.376 e. The molecule has 1 amide bonds. The van der Waals surface area contributed by atoms with Crippen LogP contribution in [0.15, 0.2) is 59.7 Å². The molecule has 0 aliphatic carbocycles. The molecule has 0 spiro atoms. The molecule has 1 aromatic carbocycles. The first-order chi connectivity index (χ1) is 16.9. The van der Waals surface area contributed by atoms with Crippen molar-refractivity contribution in [1.29, 1.82) is 0 Å². The van der Waals surface area contributed by atoms with Crippen molar-refractivity contribution in [3.8, 4) is 0 Å². The Morgan fingerprint density at radius 2 is 2.06 bits per heavy atom. The molecule has 8 heteroatoms. The van der Waals surface area contributed by atoms with Crippen LogP contribution < -0.4 is 10.5 Å². The average molecular weight is 472 g/mol. The van der Waals surface area contributed by atoms with E-state index in [1.165, 1.54) is 10.6 Å². The zero-order valence-electron chi connectivity index (χ0n) is 20.3. The molecule has 1 aliphatic heterocycles. The Balaban J connectivity index is 1.57. The lowest BCUT2D eigenvalue weighted by Gasteiger charge is -2.27. The minimum Gasteiger partial charge on any atom is -0.376 e.